The van der Waals surface area contributed by atoms with Crippen molar-refractivity contribution in [1.82, 2.24) is 0 Å². The first-order valence-electron chi connectivity index (χ1n) is 6.63. The van der Waals surface area contributed by atoms with Crippen molar-refractivity contribution >= 4 is 5.71 Å². The Bertz CT molecular complexity index is 588. The second-order valence-electron chi connectivity index (χ2n) is 4.87. The molecule has 0 saturated carbocycles. The van der Waals surface area contributed by atoms with Crippen molar-refractivity contribution in [2.75, 3.05) is 0 Å². The van der Waals surface area contributed by atoms with Gasteiger partial charge in [0.2, 0.25) is 0 Å². The van der Waals surface area contributed by atoms with E-state index in [0.29, 0.717) is 18.7 Å². The molecule has 20 heavy (non-hydrogen) atoms. The summed E-state index contributed by atoms with van der Waals surface area (Å²) in [6, 6.07) is 16.1. The van der Waals surface area contributed by atoms with Gasteiger partial charge in [-0.05, 0) is 42.7 Å². The molecule has 3 nitrogen and oxygen atoms in total. The Labute approximate surface area is 119 Å². The predicted octanol–water partition coefficient (Wildman–Crippen LogP) is 3.97. The molecule has 0 bridgehead atoms. The molecule has 0 saturated heterocycles. The molecule has 0 heterocycles. The van der Waals surface area contributed by atoms with Gasteiger partial charge in [0.25, 0.3) is 0 Å². The molecule has 0 unspecified atom stereocenters. The first-order chi connectivity index (χ1) is 9.69. The molecular weight excluding hydrogens is 250 g/mol. The van der Waals surface area contributed by atoms with Gasteiger partial charge in [0.05, 0.1) is 5.71 Å². The van der Waals surface area contributed by atoms with Crippen molar-refractivity contribution in [3.8, 4) is 5.75 Å². The summed E-state index contributed by atoms with van der Waals surface area (Å²) in [4.78, 5) is 0. The maximum Gasteiger partial charge on any atom is 0.119 e. The molecule has 0 amide bonds. The fourth-order valence-corrected chi connectivity index (χ4v) is 1.97. The summed E-state index contributed by atoms with van der Waals surface area (Å²) in [5.41, 5.74) is 4.22. The Kier molecular flexibility index (Phi) is 4.77. The molecule has 2 rings (SSSR count). The van der Waals surface area contributed by atoms with Crippen molar-refractivity contribution < 1.29 is 9.94 Å². The van der Waals surface area contributed by atoms with Gasteiger partial charge in [-0.25, -0.2) is 0 Å². The zero-order valence-corrected chi connectivity index (χ0v) is 11.8. The van der Waals surface area contributed by atoms with Crippen LogP contribution in [-0.4, -0.2) is 10.9 Å². The lowest BCUT2D eigenvalue weighted by atomic mass is 10.1. The number of nitrogens with zero attached hydrogens (tertiary/aromatic N) is 1. The summed E-state index contributed by atoms with van der Waals surface area (Å²) < 4.78 is 5.78. The summed E-state index contributed by atoms with van der Waals surface area (Å²) >= 11 is 0. The van der Waals surface area contributed by atoms with Crippen molar-refractivity contribution in [2.24, 2.45) is 5.16 Å². The van der Waals surface area contributed by atoms with E-state index in [1.54, 1.807) is 6.92 Å². The van der Waals surface area contributed by atoms with Crippen LogP contribution in [0.3, 0.4) is 0 Å². The van der Waals surface area contributed by atoms with Crippen LogP contribution in [0.2, 0.25) is 0 Å². The highest BCUT2D eigenvalue weighted by Gasteiger charge is 2.00. The van der Waals surface area contributed by atoms with Crippen molar-refractivity contribution in [3.05, 3.63) is 65.2 Å². The largest absolute Gasteiger partial charge is 0.489 e. The Morgan fingerprint density at radius 2 is 1.80 bits per heavy atom. The van der Waals surface area contributed by atoms with Crippen molar-refractivity contribution in [3.63, 3.8) is 0 Å². The molecule has 104 valence electrons. The van der Waals surface area contributed by atoms with E-state index in [1.165, 1.54) is 11.1 Å². The Hall–Kier alpha value is -2.29. The second kappa shape index (κ2) is 6.75. The molecule has 0 spiro atoms. The van der Waals surface area contributed by atoms with Crippen LogP contribution in [0.1, 0.15) is 23.6 Å². The fraction of sp³-hybridized carbons (Fsp3) is 0.235. The fourth-order valence-electron chi connectivity index (χ4n) is 1.97. The number of ether oxygens (including phenoxy) is 1. The van der Waals surface area contributed by atoms with Crippen LogP contribution in [0.15, 0.2) is 53.7 Å². The van der Waals surface area contributed by atoms with Crippen LogP contribution in [0.4, 0.5) is 0 Å². The first kappa shape index (κ1) is 14.1. The molecule has 0 aromatic heterocycles. The zero-order chi connectivity index (χ0) is 14.4. The van der Waals surface area contributed by atoms with E-state index in [9.17, 15) is 0 Å². The Balaban J connectivity index is 1.96. The number of hydrogen-bond donors (Lipinski definition) is 1. The van der Waals surface area contributed by atoms with Crippen LogP contribution in [0, 0.1) is 6.92 Å². The van der Waals surface area contributed by atoms with Crippen LogP contribution in [-0.2, 0) is 13.0 Å². The molecule has 0 aliphatic rings. The third-order valence-corrected chi connectivity index (χ3v) is 3.21. The number of oxime groups is 1. The quantitative estimate of drug-likeness (QED) is 0.507. The minimum Gasteiger partial charge on any atom is -0.489 e. The van der Waals surface area contributed by atoms with Gasteiger partial charge in [-0.2, -0.15) is 0 Å². The van der Waals surface area contributed by atoms with Crippen LogP contribution in [0.25, 0.3) is 0 Å². The summed E-state index contributed by atoms with van der Waals surface area (Å²) in [5, 5.41) is 11.8. The summed E-state index contributed by atoms with van der Waals surface area (Å²) in [6.45, 7) is 4.45. The predicted molar refractivity (Wildman–Crippen MR) is 80.6 cm³/mol. The van der Waals surface area contributed by atoms with Gasteiger partial charge >= 0.3 is 0 Å². The Morgan fingerprint density at radius 3 is 2.45 bits per heavy atom. The van der Waals surface area contributed by atoms with Gasteiger partial charge in [-0.1, -0.05) is 41.6 Å². The minimum absolute atomic E-state index is 0.573. The van der Waals surface area contributed by atoms with E-state index in [-0.39, 0.29) is 0 Å². The Morgan fingerprint density at radius 1 is 1.10 bits per heavy atom. The third kappa shape index (κ3) is 3.85. The normalized spacial score (nSPS) is 11.4. The third-order valence-electron chi connectivity index (χ3n) is 3.21. The lowest BCUT2D eigenvalue weighted by Gasteiger charge is -2.09. The number of hydrogen-bond acceptors (Lipinski definition) is 3. The number of benzene rings is 2. The van der Waals surface area contributed by atoms with Crippen LogP contribution < -0.4 is 4.74 Å². The maximum atomic E-state index is 8.65. The van der Waals surface area contributed by atoms with E-state index >= 15 is 0 Å². The molecule has 0 radical (unpaired) electrons. The first-order valence-corrected chi connectivity index (χ1v) is 6.63. The number of rotatable bonds is 5. The van der Waals surface area contributed by atoms with Gasteiger partial charge in [0.15, 0.2) is 0 Å². The molecule has 0 atom stereocenters. The molecule has 0 aliphatic heterocycles. The highest BCUT2D eigenvalue weighted by Crippen LogP contribution is 2.16. The van der Waals surface area contributed by atoms with E-state index in [0.717, 1.165) is 11.3 Å². The summed E-state index contributed by atoms with van der Waals surface area (Å²) in [5.74, 6) is 0.843. The minimum atomic E-state index is 0.573. The van der Waals surface area contributed by atoms with Crippen molar-refractivity contribution in [2.45, 2.75) is 26.9 Å². The lowest BCUT2D eigenvalue weighted by Crippen LogP contribution is -1.99. The van der Waals surface area contributed by atoms with Crippen molar-refractivity contribution in [1.29, 1.82) is 0 Å². The highest BCUT2D eigenvalue weighted by molar-refractivity contribution is 5.83. The standard InChI is InChI=1S/C17H19NO2/c1-13-5-3-4-6-16(13)12-20-17-9-7-15(8-10-17)11-14(2)18-19/h3-10,19H,11-12H2,1-2H3/b18-14-. The van der Waals surface area contributed by atoms with Gasteiger partial charge < -0.3 is 9.94 Å². The van der Waals surface area contributed by atoms with E-state index in [1.807, 2.05) is 36.4 Å². The maximum absolute atomic E-state index is 8.65. The highest BCUT2D eigenvalue weighted by atomic mass is 16.5. The van der Waals surface area contributed by atoms with Gasteiger partial charge in [0, 0.05) is 6.42 Å². The monoisotopic (exact) mass is 269 g/mol. The molecule has 3 heteroatoms. The molecular formula is C17H19NO2. The zero-order valence-electron chi connectivity index (χ0n) is 11.8. The average molecular weight is 269 g/mol. The smallest absolute Gasteiger partial charge is 0.119 e. The van der Waals surface area contributed by atoms with Gasteiger partial charge in [-0.15, -0.1) is 0 Å². The van der Waals surface area contributed by atoms with Crippen LogP contribution in [0.5, 0.6) is 5.75 Å². The molecule has 1 N–H and O–H groups in total. The molecule has 0 fully saturated rings. The SMILES string of the molecule is C/C(Cc1ccc(OCc2ccccc2C)cc1)=N/O. The molecule has 0 aliphatic carbocycles. The lowest BCUT2D eigenvalue weighted by molar-refractivity contribution is 0.305. The van der Waals surface area contributed by atoms with Crippen LogP contribution >= 0.6 is 0 Å². The summed E-state index contributed by atoms with van der Waals surface area (Å²) in [6.07, 6.45) is 0.647. The summed E-state index contributed by atoms with van der Waals surface area (Å²) in [7, 11) is 0. The number of aryl methyl sites for hydroxylation is 1. The molecule has 2 aromatic carbocycles. The van der Waals surface area contributed by atoms with E-state index in [4.69, 9.17) is 9.94 Å². The second-order valence-corrected chi connectivity index (χ2v) is 4.87. The average Bonchev–Trinajstić information content (AvgIpc) is 2.48. The van der Waals surface area contributed by atoms with Gasteiger partial charge in [0.1, 0.15) is 12.4 Å². The van der Waals surface area contributed by atoms with Gasteiger partial charge in [-0.3, -0.25) is 0 Å². The van der Waals surface area contributed by atoms with E-state index in [2.05, 4.69) is 24.2 Å². The topological polar surface area (TPSA) is 41.8 Å². The van der Waals surface area contributed by atoms with E-state index < -0.39 is 0 Å². The molecule has 2 aromatic rings.